The van der Waals surface area contributed by atoms with Crippen LogP contribution in [0.3, 0.4) is 0 Å². The molecule has 0 amide bonds. The quantitative estimate of drug-likeness (QED) is 0.764. The maximum absolute atomic E-state index is 10.7. The van der Waals surface area contributed by atoms with Gasteiger partial charge in [0.25, 0.3) is 0 Å². The fourth-order valence-corrected chi connectivity index (χ4v) is 2.10. The van der Waals surface area contributed by atoms with Crippen LogP contribution in [0.1, 0.15) is 38.5 Å². The highest BCUT2D eigenvalue weighted by Crippen LogP contribution is 2.27. The number of carboxylic acids is 1. The van der Waals surface area contributed by atoms with Crippen LogP contribution in [0.25, 0.3) is 0 Å². The lowest BCUT2D eigenvalue weighted by molar-refractivity contribution is -0.139. The average Bonchev–Trinajstić information content (AvgIpc) is 2.15. The molecule has 14 heavy (non-hydrogen) atoms. The molecule has 0 heterocycles. The third-order valence-electron chi connectivity index (χ3n) is 2.94. The van der Waals surface area contributed by atoms with Gasteiger partial charge in [0, 0.05) is 0 Å². The number of carboxylic acid groups (broad SMARTS) is 1. The Morgan fingerprint density at radius 3 is 2.43 bits per heavy atom. The maximum Gasteiger partial charge on any atom is 0.320 e. The fourth-order valence-electron chi connectivity index (χ4n) is 2.10. The van der Waals surface area contributed by atoms with Crippen LogP contribution in [0.2, 0.25) is 0 Å². The highest BCUT2D eigenvalue weighted by Gasteiger charge is 2.22. The Labute approximate surface area is 91.7 Å². The molecule has 1 saturated carbocycles. The predicted molar refractivity (Wildman–Crippen MR) is 58.9 cm³/mol. The number of halogens is 1. The molecule has 1 rings (SSSR count). The summed E-state index contributed by atoms with van der Waals surface area (Å²) in [5.74, 6) is -0.0876. The van der Waals surface area contributed by atoms with E-state index in [1.165, 1.54) is 32.1 Å². The topological polar surface area (TPSA) is 49.3 Å². The molecule has 0 unspecified atom stereocenters. The summed E-state index contributed by atoms with van der Waals surface area (Å²) >= 11 is 0. The zero-order chi connectivity index (χ0) is 9.68. The maximum atomic E-state index is 10.7. The summed E-state index contributed by atoms with van der Waals surface area (Å²) < 4.78 is 0. The predicted octanol–water partition coefficient (Wildman–Crippen LogP) is 2.05. The Balaban J connectivity index is 0.00000169. The van der Waals surface area contributed by atoms with Gasteiger partial charge in [-0.25, -0.2) is 0 Å². The number of aliphatic carboxylic acids is 1. The molecule has 0 aromatic rings. The number of hydrogen-bond donors (Lipinski definition) is 2. The van der Waals surface area contributed by atoms with Gasteiger partial charge in [-0.3, -0.25) is 4.79 Å². The summed E-state index contributed by atoms with van der Waals surface area (Å²) in [4.78, 5) is 10.7. The number of carbonyl (C=O) groups is 1. The minimum atomic E-state index is -0.715. The van der Waals surface area contributed by atoms with Crippen LogP contribution in [0.5, 0.6) is 0 Å². The van der Waals surface area contributed by atoms with Gasteiger partial charge in [-0.05, 0) is 19.4 Å². The molecule has 1 aliphatic rings. The van der Waals surface area contributed by atoms with Gasteiger partial charge in [0.1, 0.15) is 6.04 Å². The second-order valence-electron chi connectivity index (χ2n) is 3.92. The molecule has 3 nitrogen and oxygen atoms in total. The Bertz CT molecular complexity index is 170. The van der Waals surface area contributed by atoms with Crippen molar-refractivity contribution in [3.63, 3.8) is 0 Å². The van der Waals surface area contributed by atoms with Crippen molar-refractivity contribution in [2.24, 2.45) is 5.92 Å². The monoisotopic (exact) mass is 221 g/mol. The first kappa shape index (κ1) is 13.7. The molecule has 0 spiro atoms. The molecule has 1 aliphatic carbocycles. The van der Waals surface area contributed by atoms with Crippen LogP contribution in [0, 0.1) is 5.92 Å². The summed E-state index contributed by atoms with van der Waals surface area (Å²) in [6.07, 6.45) is 7.11. The molecule has 1 fully saturated rings. The van der Waals surface area contributed by atoms with E-state index in [4.69, 9.17) is 5.11 Å². The van der Waals surface area contributed by atoms with Gasteiger partial charge in [0.2, 0.25) is 0 Å². The van der Waals surface area contributed by atoms with Crippen molar-refractivity contribution in [3.05, 3.63) is 0 Å². The van der Waals surface area contributed by atoms with Gasteiger partial charge >= 0.3 is 5.97 Å². The van der Waals surface area contributed by atoms with Crippen LogP contribution in [0.15, 0.2) is 0 Å². The molecule has 0 bridgehead atoms. The van der Waals surface area contributed by atoms with E-state index >= 15 is 0 Å². The second kappa shape index (κ2) is 7.07. The highest BCUT2D eigenvalue weighted by molar-refractivity contribution is 5.85. The minimum Gasteiger partial charge on any atom is -0.480 e. The third-order valence-corrected chi connectivity index (χ3v) is 2.94. The number of nitrogens with one attached hydrogen (secondary N) is 1. The Morgan fingerprint density at radius 2 is 2.00 bits per heavy atom. The van der Waals surface area contributed by atoms with Crippen molar-refractivity contribution in [2.75, 3.05) is 7.05 Å². The molecular weight excluding hydrogens is 202 g/mol. The number of likely N-dealkylation sites (N-methyl/N-ethyl adjacent to an activating group) is 1. The fraction of sp³-hybridized carbons (Fsp3) is 0.900. The second-order valence-corrected chi connectivity index (χ2v) is 3.92. The van der Waals surface area contributed by atoms with Crippen molar-refractivity contribution in [3.8, 4) is 0 Å². The van der Waals surface area contributed by atoms with E-state index in [2.05, 4.69) is 5.32 Å². The molecule has 1 atom stereocenters. The summed E-state index contributed by atoms with van der Waals surface area (Å²) in [6.45, 7) is 0. The number of hydrogen-bond acceptors (Lipinski definition) is 2. The lowest BCUT2D eigenvalue weighted by Gasteiger charge is -2.24. The SMILES string of the molecule is CN[C@@H](CC1CCCCC1)C(=O)O.Cl. The largest absolute Gasteiger partial charge is 0.480 e. The van der Waals surface area contributed by atoms with E-state index in [0.717, 1.165) is 6.42 Å². The van der Waals surface area contributed by atoms with Crippen LogP contribution < -0.4 is 5.32 Å². The van der Waals surface area contributed by atoms with Crippen molar-refractivity contribution in [1.82, 2.24) is 5.32 Å². The van der Waals surface area contributed by atoms with Gasteiger partial charge in [-0.2, -0.15) is 0 Å². The number of rotatable bonds is 4. The average molecular weight is 222 g/mol. The van der Waals surface area contributed by atoms with Crippen LogP contribution >= 0.6 is 12.4 Å². The van der Waals surface area contributed by atoms with Gasteiger partial charge in [0.05, 0.1) is 0 Å². The first-order valence-corrected chi connectivity index (χ1v) is 5.14. The Kier molecular flexibility index (Phi) is 6.93. The molecule has 0 aromatic carbocycles. The van der Waals surface area contributed by atoms with Crippen molar-refractivity contribution < 1.29 is 9.90 Å². The van der Waals surface area contributed by atoms with E-state index in [9.17, 15) is 4.79 Å². The minimum absolute atomic E-state index is 0. The van der Waals surface area contributed by atoms with Crippen molar-refractivity contribution in [2.45, 2.75) is 44.6 Å². The van der Waals surface area contributed by atoms with E-state index in [0.29, 0.717) is 5.92 Å². The van der Waals surface area contributed by atoms with Crippen molar-refractivity contribution >= 4 is 18.4 Å². The highest BCUT2D eigenvalue weighted by atomic mass is 35.5. The molecule has 0 saturated heterocycles. The van der Waals surface area contributed by atoms with Crippen LogP contribution in [-0.4, -0.2) is 24.2 Å². The Morgan fingerprint density at radius 1 is 1.43 bits per heavy atom. The molecule has 0 aromatic heterocycles. The lowest BCUT2D eigenvalue weighted by Crippen LogP contribution is -2.36. The van der Waals surface area contributed by atoms with E-state index in [1.807, 2.05) is 0 Å². The van der Waals surface area contributed by atoms with Gasteiger partial charge < -0.3 is 10.4 Å². The van der Waals surface area contributed by atoms with Gasteiger partial charge in [-0.15, -0.1) is 12.4 Å². The molecule has 0 aliphatic heterocycles. The molecular formula is C10H20ClNO2. The summed E-state index contributed by atoms with van der Waals surface area (Å²) in [5, 5.41) is 11.7. The first-order valence-electron chi connectivity index (χ1n) is 5.14. The third kappa shape index (κ3) is 4.29. The molecule has 0 radical (unpaired) electrons. The Hall–Kier alpha value is -0.280. The standard InChI is InChI=1S/C10H19NO2.ClH/c1-11-9(10(12)13)7-8-5-3-2-4-6-8;/h8-9,11H,2-7H2,1H3,(H,12,13);1H/t9-;/m0./s1. The van der Waals surface area contributed by atoms with Crippen molar-refractivity contribution in [1.29, 1.82) is 0 Å². The van der Waals surface area contributed by atoms with E-state index in [-0.39, 0.29) is 18.4 Å². The molecule has 2 N–H and O–H groups in total. The molecule has 84 valence electrons. The van der Waals surface area contributed by atoms with Crippen LogP contribution in [-0.2, 0) is 4.79 Å². The van der Waals surface area contributed by atoms with Crippen LogP contribution in [0.4, 0.5) is 0 Å². The summed E-state index contributed by atoms with van der Waals surface area (Å²) in [7, 11) is 1.72. The summed E-state index contributed by atoms with van der Waals surface area (Å²) in [5.41, 5.74) is 0. The smallest absolute Gasteiger partial charge is 0.320 e. The lowest BCUT2D eigenvalue weighted by atomic mass is 9.85. The molecule has 4 heteroatoms. The van der Waals surface area contributed by atoms with Gasteiger partial charge in [-0.1, -0.05) is 32.1 Å². The zero-order valence-electron chi connectivity index (χ0n) is 8.66. The normalized spacial score (nSPS) is 19.8. The zero-order valence-corrected chi connectivity index (χ0v) is 9.48. The van der Waals surface area contributed by atoms with E-state index in [1.54, 1.807) is 7.05 Å². The summed E-state index contributed by atoms with van der Waals surface area (Å²) in [6, 6.07) is -0.344. The van der Waals surface area contributed by atoms with Gasteiger partial charge in [0.15, 0.2) is 0 Å². The first-order chi connectivity index (χ1) is 6.24. The van der Waals surface area contributed by atoms with E-state index < -0.39 is 5.97 Å².